The summed E-state index contributed by atoms with van der Waals surface area (Å²) < 4.78 is 1.55. The van der Waals surface area contributed by atoms with E-state index in [0.29, 0.717) is 43.3 Å². The van der Waals surface area contributed by atoms with E-state index in [9.17, 15) is 14.4 Å². The summed E-state index contributed by atoms with van der Waals surface area (Å²) in [5, 5.41) is 1.85. The standard InChI is InChI=1S/C22H23N5O3S2/c28-19(5-6-26-17-3-1-2-4-18(17)32-15-21(26)30)25-9-7-24(8-10-25)14-16-13-20(29)27-11-12-31-22(27)23-16/h1-4,11-13H,5-10,14-15H2. The predicted octanol–water partition coefficient (Wildman–Crippen LogP) is 1.93. The van der Waals surface area contributed by atoms with Gasteiger partial charge in [0.1, 0.15) is 0 Å². The van der Waals surface area contributed by atoms with Crippen LogP contribution in [0.4, 0.5) is 5.69 Å². The highest BCUT2D eigenvalue weighted by molar-refractivity contribution is 8.00. The van der Waals surface area contributed by atoms with Gasteiger partial charge in [0.05, 0.1) is 17.1 Å². The maximum absolute atomic E-state index is 12.8. The molecule has 0 aliphatic carbocycles. The average Bonchev–Trinajstić information content (AvgIpc) is 3.28. The SMILES string of the molecule is O=C(CCN1C(=O)CSc2ccccc21)N1CCN(Cc2cc(=O)n3ccsc3n2)CC1. The van der Waals surface area contributed by atoms with E-state index in [2.05, 4.69) is 9.88 Å². The van der Waals surface area contributed by atoms with Crippen LogP contribution in [0.5, 0.6) is 0 Å². The Bertz CT molecular complexity index is 1220. The predicted molar refractivity (Wildman–Crippen MR) is 125 cm³/mol. The summed E-state index contributed by atoms with van der Waals surface area (Å²) >= 11 is 2.99. The van der Waals surface area contributed by atoms with E-state index < -0.39 is 0 Å². The van der Waals surface area contributed by atoms with Crippen LogP contribution in [0.15, 0.2) is 51.6 Å². The van der Waals surface area contributed by atoms with Gasteiger partial charge in [-0.05, 0) is 12.1 Å². The zero-order valence-corrected chi connectivity index (χ0v) is 19.1. The molecule has 10 heteroatoms. The van der Waals surface area contributed by atoms with Crippen LogP contribution in [-0.2, 0) is 16.1 Å². The molecule has 2 amide bonds. The molecule has 0 radical (unpaired) electrons. The Balaban J connectivity index is 1.15. The van der Waals surface area contributed by atoms with Gasteiger partial charge in [-0.15, -0.1) is 23.1 Å². The Morgan fingerprint density at radius 3 is 2.75 bits per heavy atom. The number of hydrogen-bond acceptors (Lipinski definition) is 7. The van der Waals surface area contributed by atoms with Crippen molar-refractivity contribution in [1.29, 1.82) is 0 Å². The highest BCUT2D eigenvalue weighted by atomic mass is 32.2. The van der Waals surface area contributed by atoms with Crippen molar-refractivity contribution < 1.29 is 9.59 Å². The van der Waals surface area contributed by atoms with Crippen LogP contribution in [0.1, 0.15) is 12.1 Å². The number of thiazole rings is 1. The van der Waals surface area contributed by atoms with Crippen molar-refractivity contribution in [3.8, 4) is 0 Å². The smallest absolute Gasteiger partial charge is 0.258 e. The second kappa shape index (κ2) is 9.05. The first-order valence-electron chi connectivity index (χ1n) is 10.6. The number of nitrogens with zero attached hydrogens (tertiary/aromatic N) is 5. The number of amides is 2. The lowest BCUT2D eigenvalue weighted by molar-refractivity contribution is -0.132. The molecule has 0 spiro atoms. The molecule has 32 heavy (non-hydrogen) atoms. The van der Waals surface area contributed by atoms with Crippen LogP contribution in [0.2, 0.25) is 0 Å². The number of rotatable bonds is 5. The summed E-state index contributed by atoms with van der Waals surface area (Å²) in [6.07, 6.45) is 2.05. The quantitative estimate of drug-likeness (QED) is 0.568. The second-order valence-corrected chi connectivity index (χ2v) is 9.74. The lowest BCUT2D eigenvalue weighted by Crippen LogP contribution is -2.49. The largest absolute Gasteiger partial charge is 0.340 e. The van der Waals surface area contributed by atoms with Gasteiger partial charge >= 0.3 is 0 Å². The van der Waals surface area contributed by atoms with E-state index >= 15 is 0 Å². The van der Waals surface area contributed by atoms with Gasteiger partial charge in [0, 0.05) is 68.2 Å². The Morgan fingerprint density at radius 2 is 1.91 bits per heavy atom. The number of thioether (sulfide) groups is 1. The normalized spacial score (nSPS) is 17.1. The average molecular weight is 470 g/mol. The molecule has 5 rings (SSSR count). The zero-order chi connectivity index (χ0) is 22.1. The minimum absolute atomic E-state index is 0.0532. The summed E-state index contributed by atoms with van der Waals surface area (Å²) in [6, 6.07) is 9.43. The second-order valence-electron chi connectivity index (χ2n) is 7.85. The Kier molecular flexibility index (Phi) is 5.99. The van der Waals surface area contributed by atoms with E-state index in [1.807, 2.05) is 34.5 Å². The van der Waals surface area contributed by atoms with Crippen molar-refractivity contribution in [3.63, 3.8) is 0 Å². The summed E-state index contributed by atoms with van der Waals surface area (Å²) in [4.78, 5) is 49.6. The molecule has 2 aliphatic rings. The Labute approximate surface area is 193 Å². The lowest BCUT2D eigenvalue weighted by Gasteiger charge is -2.35. The third-order valence-corrected chi connectivity index (χ3v) is 7.63. The van der Waals surface area contributed by atoms with Gasteiger partial charge in [-0.25, -0.2) is 4.98 Å². The van der Waals surface area contributed by atoms with E-state index in [4.69, 9.17) is 0 Å². The van der Waals surface area contributed by atoms with Gasteiger partial charge in [-0.2, -0.15) is 0 Å². The lowest BCUT2D eigenvalue weighted by atomic mass is 10.2. The third-order valence-electron chi connectivity index (χ3n) is 5.82. The number of aromatic nitrogens is 2. The fourth-order valence-corrected chi connectivity index (χ4v) is 5.79. The third kappa shape index (κ3) is 4.30. The Morgan fingerprint density at radius 1 is 1.09 bits per heavy atom. The minimum Gasteiger partial charge on any atom is -0.340 e. The molecule has 4 heterocycles. The minimum atomic E-state index is -0.0627. The number of para-hydroxylation sites is 1. The molecule has 2 aliphatic heterocycles. The van der Waals surface area contributed by atoms with Crippen molar-refractivity contribution in [3.05, 3.63) is 58.0 Å². The van der Waals surface area contributed by atoms with Gasteiger partial charge in [-0.3, -0.25) is 23.7 Å². The maximum atomic E-state index is 12.8. The number of piperazine rings is 1. The summed E-state index contributed by atoms with van der Waals surface area (Å²) in [7, 11) is 0. The van der Waals surface area contributed by atoms with Crippen LogP contribution in [-0.4, -0.2) is 69.5 Å². The van der Waals surface area contributed by atoms with Crippen LogP contribution >= 0.6 is 23.1 Å². The molecular weight excluding hydrogens is 446 g/mol. The molecule has 2 aromatic heterocycles. The fraction of sp³-hybridized carbons (Fsp3) is 0.364. The maximum Gasteiger partial charge on any atom is 0.258 e. The van der Waals surface area contributed by atoms with Crippen molar-refractivity contribution in [2.24, 2.45) is 0 Å². The number of benzene rings is 1. The first kappa shape index (κ1) is 21.2. The van der Waals surface area contributed by atoms with Crippen LogP contribution < -0.4 is 10.5 Å². The number of carbonyl (C=O) groups is 2. The van der Waals surface area contributed by atoms with Gasteiger partial charge in [0.25, 0.3) is 5.56 Å². The molecule has 0 saturated carbocycles. The van der Waals surface area contributed by atoms with E-state index in [-0.39, 0.29) is 17.4 Å². The molecule has 1 fully saturated rings. The number of carbonyl (C=O) groups excluding carboxylic acids is 2. The summed E-state index contributed by atoms with van der Waals surface area (Å²) in [5.41, 5.74) is 1.60. The molecule has 0 bridgehead atoms. The molecular formula is C22H23N5O3S2. The first-order valence-corrected chi connectivity index (χ1v) is 12.4. The van der Waals surface area contributed by atoms with Crippen LogP contribution in [0, 0.1) is 0 Å². The van der Waals surface area contributed by atoms with Crippen LogP contribution in [0.25, 0.3) is 4.96 Å². The molecule has 0 N–H and O–H groups in total. The van der Waals surface area contributed by atoms with Crippen molar-refractivity contribution in [2.75, 3.05) is 43.4 Å². The highest BCUT2D eigenvalue weighted by Crippen LogP contribution is 2.34. The number of hydrogen-bond donors (Lipinski definition) is 0. The van der Waals surface area contributed by atoms with Crippen LogP contribution in [0.3, 0.4) is 0 Å². The zero-order valence-electron chi connectivity index (χ0n) is 17.5. The highest BCUT2D eigenvalue weighted by Gasteiger charge is 2.27. The topological polar surface area (TPSA) is 78.2 Å². The summed E-state index contributed by atoms with van der Waals surface area (Å²) in [5.74, 6) is 0.542. The van der Waals surface area contributed by atoms with Crippen molar-refractivity contribution >= 4 is 45.6 Å². The fourth-order valence-electron chi connectivity index (χ4n) is 4.12. The molecule has 0 atom stereocenters. The molecule has 166 valence electrons. The van der Waals surface area contributed by atoms with Crippen molar-refractivity contribution in [1.82, 2.24) is 19.2 Å². The Hall–Kier alpha value is -2.69. The number of anilines is 1. The van der Waals surface area contributed by atoms with Gasteiger partial charge in [0.15, 0.2) is 4.96 Å². The van der Waals surface area contributed by atoms with Crippen molar-refractivity contribution in [2.45, 2.75) is 17.9 Å². The molecule has 1 aromatic carbocycles. The molecule has 3 aromatic rings. The van der Waals surface area contributed by atoms with E-state index in [0.717, 1.165) is 29.4 Å². The van der Waals surface area contributed by atoms with E-state index in [1.54, 1.807) is 33.3 Å². The number of fused-ring (bicyclic) bond motifs is 2. The van der Waals surface area contributed by atoms with Gasteiger partial charge < -0.3 is 9.80 Å². The van der Waals surface area contributed by atoms with E-state index in [1.165, 1.54) is 11.3 Å². The molecule has 8 nitrogen and oxygen atoms in total. The monoisotopic (exact) mass is 469 g/mol. The molecule has 1 saturated heterocycles. The van der Waals surface area contributed by atoms with Gasteiger partial charge in [0.2, 0.25) is 11.8 Å². The molecule has 0 unspecified atom stereocenters. The first-order chi connectivity index (χ1) is 15.6. The van der Waals surface area contributed by atoms with Gasteiger partial charge in [-0.1, -0.05) is 12.1 Å². The summed E-state index contributed by atoms with van der Waals surface area (Å²) in [6.45, 7) is 3.75.